The first kappa shape index (κ1) is 14.5. The van der Waals surface area contributed by atoms with E-state index in [4.69, 9.17) is 5.26 Å². The predicted molar refractivity (Wildman–Crippen MR) is 75.5 cm³/mol. The summed E-state index contributed by atoms with van der Waals surface area (Å²) in [5, 5.41) is 12.2. The zero-order valence-electron chi connectivity index (χ0n) is 11.7. The summed E-state index contributed by atoms with van der Waals surface area (Å²) in [6, 6.07) is 7.89. The Hall–Kier alpha value is -1.93. The second-order valence-electron chi connectivity index (χ2n) is 5.01. The molecule has 0 aromatic carbocycles. The minimum Gasteiger partial charge on any atom is -0.323 e. The highest BCUT2D eigenvalue weighted by Gasteiger charge is 2.35. The number of hydrogen-bond acceptors (Lipinski definition) is 4. The van der Waals surface area contributed by atoms with Crippen molar-refractivity contribution in [1.82, 2.24) is 15.2 Å². The number of rotatable bonds is 5. The Morgan fingerprint density at radius 3 is 3.05 bits per heavy atom. The van der Waals surface area contributed by atoms with Crippen LogP contribution in [0.25, 0.3) is 0 Å². The third-order valence-corrected chi connectivity index (χ3v) is 3.72. The van der Waals surface area contributed by atoms with Crippen molar-refractivity contribution in [2.75, 3.05) is 6.54 Å². The summed E-state index contributed by atoms with van der Waals surface area (Å²) in [5.74, 6) is 0.0110. The molecule has 1 aliphatic heterocycles. The molecule has 20 heavy (non-hydrogen) atoms. The van der Waals surface area contributed by atoms with Crippen LogP contribution in [0.4, 0.5) is 0 Å². The summed E-state index contributed by atoms with van der Waals surface area (Å²) >= 11 is 0. The van der Waals surface area contributed by atoms with E-state index in [9.17, 15) is 4.79 Å². The molecule has 1 aromatic rings. The molecule has 0 bridgehead atoms. The number of carbonyl (C=O) groups is 1. The lowest BCUT2D eigenvalue weighted by Crippen LogP contribution is -2.44. The van der Waals surface area contributed by atoms with Crippen LogP contribution < -0.4 is 5.32 Å². The number of likely N-dealkylation sites (tertiary alicyclic amines) is 1. The minimum absolute atomic E-state index is 0.0110. The van der Waals surface area contributed by atoms with Crippen molar-refractivity contribution in [2.45, 2.75) is 44.8 Å². The monoisotopic (exact) mass is 272 g/mol. The molecule has 1 saturated heterocycles. The van der Waals surface area contributed by atoms with Crippen LogP contribution in [0.15, 0.2) is 24.4 Å². The van der Waals surface area contributed by atoms with Gasteiger partial charge in [-0.05, 0) is 31.4 Å². The van der Waals surface area contributed by atoms with E-state index in [-0.39, 0.29) is 24.5 Å². The van der Waals surface area contributed by atoms with Crippen LogP contribution in [-0.2, 0) is 11.3 Å². The van der Waals surface area contributed by atoms with Gasteiger partial charge in [0.15, 0.2) is 0 Å². The van der Waals surface area contributed by atoms with Crippen molar-refractivity contribution in [3.63, 3.8) is 0 Å². The van der Waals surface area contributed by atoms with E-state index < -0.39 is 0 Å². The molecule has 0 saturated carbocycles. The third-order valence-electron chi connectivity index (χ3n) is 3.72. The van der Waals surface area contributed by atoms with E-state index in [0.29, 0.717) is 6.54 Å². The van der Waals surface area contributed by atoms with E-state index in [2.05, 4.69) is 23.3 Å². The number of nitriles is 1. The maximum Gasteiger partial charge on any atom is 0.237 e. The number of hydrogen-bond donors (Lipinski definition) is 1. The molecule has 1 N–H and O–H groups in total. The normalized spacial score (nSPS) is 21.7. The van der Waals surface area contributed by atoms with E-state index in [1.54, 1.807) is 11.1 Å². The first-order chi connectivity index (χ1) is 9.76. The van der Waals surface area contributed by atoms with Crippen molar-refractivity contribution in [2.24, 2.45) is 0 Å². The van der Waals surface area contributed by atoms with Gasteiger partial charge in [0.05, 0.1) is 18.3 Å². The van der Waals surface area contributed by atoms with Gasteiger partial charge in [-0.2, -0.15) is 5.26 Å². The molecule has 1 aromatic heterocycles. The van der Waals surface area contributed by atoms with Gasteiger partial charge in [-0.15, -0.1) is 0 Å². The fourth-order valence-electron chi connectivity index (χ4n) is 2.68. The second-order valence-corrected chi connectivity index (χ2v) is 5.01. The molecular formula is C15H20N4O. The highest BCUT2D eigenvalue weighted by Crippen LogP contribution is 2.25. The first-order valence-corrected chi connectivity index (χ1v) is 7.07. The average Bonchev–Trinajstić information content (AvgIpc) is 2.91. The number of pyridine rings is 1. The molecule has 1 amide bonds. The fourth-order valence-corrected chi connectivity index (χ4v) is 2.68. The Balaban J connectivity index is 1.86. The van der Waals surface area contributed by atoms with E-state index in [1.165, 1.54) is 0 Å². The van der Waals surface area contributed by atoms with Crippen LogP contribution >= 0.6 is 0 Å². The van der Waals surface area contributed by atoms with Crippen LogP contribution in [0.2, 0.25) is 0 Å². The number of nitrogens with one attached hydrogen (secondary N) is 1. The summed E-state index contributed by atoms with van der Waals surface area (Å²) in [6.45, 7) is 2.88. The lowest BCUT2D eigenvalue weighted by molar-refractivity contribution is -0.132. The molecule has 5 nitrogen and oxygen atoms in total. The Kier molecular flexibility index (Phi) is 5.08. The van der Waals surface area contributed by atoms with Gasteiger partial charge in [0, 0.05) is 18.8 Å². The number of nitrogens with zero attached hydrogens (tertiary/aromatic N) is 3. The summed E-state index contributed by atoms with van der Waals surface area (Å²) in [4.78, 5) is 18.2. The molecule has 2 heterocycles. The molecule has 2 atom stereocenters. The van der Waals surface area contributed by atoms with Crippen LogP contribution in [-0.4, -0.2) is 34.4 Å². The van der Waals surface area contributed by atoms with E-state index >= 15 is 0 Å². The van der Waals surface area contributed by atoms with Gasteiger partial charge in [-0.25, -0.2) is 0 Å². The number of aromatic nitrogens is 1. The summed E-state index contributed by atoms with van der Waals surface area (Å²) < 4.78 is 0. The van der Waals surface area contributed by atoms with E-state index in [1.807, 2.05) is 18.2 Å². The molecule has 2 rings (SSSR count). The topological polar surface area (TPSA) is 69.0 Å². The molecule has 0 unspecified atom stereocenters. The van der Waals surface area contributed by atoms with Gasteiger partial charge in [0.25, 0.3) is 0 Å². The highest BCUT2D eigenvalue weighted by atomic mass is 16.2. The van der Waals surface area contributed by atoms with Crippen LogP contribution in [0.5, 0.6) is 0 Å². The molecule has 1 aliphatic rings. The van der Waals surface area contributed by atoms with Crippen molar-refractivity contribution >= 4 is 5.91 Å². The minimum atomic E-state index is -0.260. The summed E-state index contributed by atoms with van der Waals surface area (Å²) in [6.07, 6.45) is 4.37. The van der Waals surface area contributed by atoms with Crippen molar-refractivity contribution in [3.05, 3.63) is 30.1 Å². The van der Waals surface area contributed by atoms with Gasteiger partial charge in [0.1, 0.15) is 6.04 Å². The Morgan fingerprint density at radius 1 is 1.55 bits per heavy atom. The third kappa shape index (κ3) is 3.34. The molecule has 1 fully saturated rings. The Labute approximate surface area is 119 Å². The summed E-state index contributed by atoms with van der Waals surface area (Å²) in [7, 11) is 0. The van der Waals surface area contributed by atoms with Crippen LogP contribution in [0.1, 0.15) is 31.9 Å². The lowest BCUT2D eigenvalue weighted by Gasteiger charge is -2.26. The zero-order chi connectivity index (χ0) is 14.4. The first-order valence-electron chi connectivity index (χ1n) is 7.07. The highest BCUT2D eigenvalue weighted by molar-refractivity contribution is 5.79. The molecule has 0 radical (unpaired) electrons. The fraction of sp³-hybridized carbons (Fsp3) is 0.533. The maximum absolute atomic E-state index is 12.3. The predicted octanol–water partition coefficient (Wildman–Crippen LogP) is 1.46. The van der Waals surface area contributed by atoms with Crippen molar-refractivity contribution in [1.29, 1.82) is 5.26 Å². The molecular weight excluding hydrogens is 252 g/mol. The number of amides is 1. The maximum atomic E-state index is 12.3. The number of carbonyl (C=O) groups excluding carboxylic acids is 1. The molecule has 106 valence electrons. The van der Waals surface area contributed by atoms with Gasteiger partial charge < -0.3 is 10.2 Å². The smallest absolute Gasteiger partial charge is 0.237 e. The largest absolute Gasteiger partial charge is 0.323 e. The van der Waals surface area contributed by atoms with Crippen LogP contribution in [0, 0.1) is 11.3 Å². The van der Waals surface area contributed by atoms with Gasteiger partial charge in [-0.1, -0.05) is 13.0 Å². The van der Waals surface area contributed by atoms with Crippen molar-refractivity contribution in [3.8, 4) is 6.07 Å². The molecule has 5 heteroatoms. The van der Waals surface area contributed by atoms with Gasteiger partial charge in [-0.3, -0.25) is 9.78 Å². The van der Waals surface area contributed by atoms with Crippen molar-refractivity contribution < 1.29 is 4.79 Å². The Morgan fingerprint density at radius 2 is 2.40 bits per heavy atom. The van der Waals surface area contributed by atoms with Crippen LogP contribution in [0.3, 0.4) is 0 Å². The van der Waals surface area contributed by atoms with Gasteiger partial charge in [0.2, 0.25) is 5.91 Å². The second kappa shape index (κ2) is 7.01. The standard InChI is InChI=1S/C15H20N4O/c1-2-13-6-7-14(9-16)19(13)15(20)11-17-10-12-5-3-4-8-18-12/h3-5,8,13-14,17H,2,6-7,10-11H2,1H3/t13-,14+/m1/s1. The quantitative estimate of drug-likeness (QED) is 0.881. The summed E-state index contributed by atoms with van der Waals surface area (Å²) in [5.41, 5.74) is 0.908. The SMILES string of the molecule is CC[C@@H]1CC[C@@H](C#N)N1C(=O)CNCc1ccccn1. The Bertz CT molecular complexity index is 482. The molecule has 0 spiro atoms. The van der Waals surface area contributed by atoms with E-state index in [0.717, 1.165) is 25.0 Å². The van der Waals surface area contributed by atoms with Gasteiger partial charge >= 0.3 is 0 Å². The lowest BCUT2D eigenvalue weighted by atomic mass is 10.1. The zero-order valence-corrected chi connectivity index (χ0v) is 11.7. The molecule has 0 aliphatic carbocycles. The average molecular weight is 272 g/mol.